The molecule has 1 aliphatic heterocycles. The summed E-state index contributed by atoms with van der Waals surface area (Å²) < 4.78 is 0. The highest BCUT2D eigenvalue weighted by molar-refractivity contribution is 8.00. The van der Waals surface area contributed by atoms with Crippen molar-refractivity contribution in [2.45, 2.75) is 16.6 Å². The summed E-state index contributed by atoms with van der Waals surface area (Å²) in [5.74, 6) is 0. The highest BCUT2D eigenvalue weighted by atomic mass is 32.2. The first kappa shape index (κ1) is 14.7. The van der Waals surface area contributed by atoms with Crippen molar-refractivity contribution >= 4 is 22.7 Å². The lowest BCUT2D eigenvalue weighted by Crippen LogP contribution is -1.95. The quantitative estimate of drug-likeness (QED) is 0.425. The predicted octanol–water partition coefficient (Wildman–Crippen LogP) is 6.29. The molecule has 1 nitrogen and oxygen atoms in total. The van der Waals surface area contributed by atoms with Gasteiger partial charge in [-0.1, -0.05) is 78.9 Å². The van der Waals surface area contributed by atoms with Crippen LogP contribution in [0.5, 0.6) is 0 Å². The highest BCUT2D eigenvalue weighted by Gasteiger charge is 2.29. The van der Waals surface area contributed by atoms with Crippen molar-refractivity contribution in [3.8, 4) is 11.1 Å². The molecule has 0 fully saturated rings. The fourth-order valence-electron chi connectivity index (χ4n) is 3.62. The zero-order valence-corrected chi connectivity index (χ0v) is 14.5. The number of nitrogens with zero attached hydrogens (tertiary/aromatic N) is 1. The molecule has 5 rings (SSSR count). The van der Waals surface area contributed by atoms with Gasteiger partial charge in [-0.25, -0.2) is 0 Å². The van der Waals surface area contributed by atoms with Gasteiger partial charge in [0.25, 0.3) is 0 Å². The highest BCUT2D eigenvalue weighted by Crippen LogP contribution is 2.51. The molecule has 0 amide bonds. The van der Waals surface area contributed by atoms with E-state index < -0.39 is 0 Å². The van der Waals surface area contributed by atoms with Gasteiger partial charge in [0.15, 0.2) is 0 Å². The molecule has 0 saturated carbocycles. The molecule has 0 saturated heterocycles. The SMILES string of the molecule is c1ccc(-c2c3c(nc4ccccc24)CC(c2ccccc2)S3)cc1. The van der Waals surface area contributed by atoms with Gasteiger partial charge in [-0.3, -0.25) is 4.98 Å². The van der Waals surface area contributed by atoms with Crippen LogP contribution in [0, 0.1) is 0 Å². The van der Waals surface area contributed by atoms with Crippen LogP contribution in [0.1, 0.15) is 16.5 Å². The third-order valence-electron chi connectivity index (χ3n) is 4.79. The normalized spacial score (nSPS) is 16.1. The number of fused-ring (bicyclic) bond motifs is 2. The van der Waals surface area contributed by atoms with E-state index in [1.165, 1.54) is 32.7 Å². The van der Waals surface area contributed by atoms with Gasteiger partial charge in [-0.15, -0.1) is 11.8 Å². The van der Waals surface area contributed by atoms with Crippen LogP contribution in [0.3, 0.4) is 0 Å². The molecular weight excluding hydrogens is 322 g/mol. The largest absolute Gasteiger partial charge is 0.252 e. The molecule has 0 radical (unpaired) electrons. The van der Waals surface area contributed by atoms with E-state index in [9.17, 15) is 0 Å². The van der Waals surface area contributed by atoms with Gasteiger partial charge in [-0.05, 0) is 17.2 Å². The average Bonchev–Trinajstić information content (AvgIpc) is 3.11. The van der Waals surface area contributed by atoms with E-state index in [4.69, 9.17) is 4.98 Å². The summed E-state index contributed by atoms with van der Waals surface area (Å²) in [7, 11) is 0. The monoisotopic (exact) mass is 339 g/mol. The van der Waals surface area contributed by atoms with Crippen molar-refractivity contribution in [1.29, 1.82) is 0 Å². The molecule has 2 heterocycles. The minimum absolute atomic E-state index is 0.447. The van der Waals surface area contributed by atoms with Crippen LogP contribution in [0.2, 0.25) is 0 Å². The van der Waals surface area contributed by atoms with Crippen molar-refractivity contribution in [2.24, 2.45) is 0 Å². The van der Waals surface area contributed by atoms with E-state index in [0.717, 1.165) is 11.9 Å². The van der Waals surface area contributed by atoms with Crippen molar-refractivity contribution in [3.63, 3.8) is 0 Å². The third-order valence-corrected chi connectivity index (χ3v) is 6.19. The van der Waals surface area contributed by atoms with Gasteiger partial charge < -0.3 is 0 Å². The number of hydrogen-bond donors (Lipinski definition) is 0. The Morgan fingerprint density at radius 2 is 1.44 bits per heavy atom. The first-order valence-electron chi connectivity index (χ1n) is 8.59. The number of hydrogen-bond acceptors (Lipinski definition) is 2. The Balaban J connectivity index is 1.72. The van der Waals surface area contributed by atoms with Crippen LogP contribution in [-0.2, 0) is 6.42 Å². The second-order valence-corrected chi connectivity index (χ2v) is 7.58. The fourth-order valence-corrected chi connectivity index (χ4v) is 5.04. The minimum Gasteiger partial charge on any atom is -0.252 e. The average molecular weight is 339 g/mol. The predicted molar refractivity (Wildman–Crippen MR) is 106 cm³/mol. The first-order chi connectivity index (χ1) is 12.4. The van der Waals surface area contributed by atoms with Crippen molar-refractivity contribution in [1.82, 2.24) is 4.98 Å². The van der Waals surface area contributed by atoms with E-state index in [2.05, 4.69) is 84.9 Å². The molecule has 3 aromatic carbocycles. The molecule has 1 atom stereocenters. The van der Waals surface area contributed by atoms with E-state index >= 15 is 0 Å². The Kier molecular flexibility index (Phi) is 3.57. The zero-order valence-electron chi connectivity index (χ0n) is 13.7. The maximum Gasteiger partial charge on any atom is 0.0712 e. The summed E-state index contributed by atoms with van der Waals surface area (Å²) in [4.78, 5) is 6.34. The number of aromatic nitrogens is 1. The number of rotatable bonds is 2. The van der Waals surface area contributed by atoms with Gasteiger partial charge in [-0.2, -0.15) is 0 Å². The molecule has 1 aliphatic rings. The first-order valence-corrected chi connectivity index (χ1v) is 9.47. The maximum absolute atomic E-state index is 5.00. The summed E-state index contributed by atoms with van der Waals surface area (Å²) in [5.41, 5.74) is 6.32. The summed E-state index contributed by atoms with van der Waals surface area (Å²) >= 11 is 1.96. The molecule has 120 valence electrons. The van der Waals surface area contributed by atoms with E-state index in [-0.39, 0.29) is 0 Å². The molecule has 1 aromatic heterocycles. The van der Waals surface area contributed by atoms with Crippen LogP contribution < -0.4 is 0 Å². The van der Waals surface area contributed by atoms with Crippen molar-refractivity contribution < 1.29 is 0 Å². The van der Waals surface area contributed by atoms with Crippen LogP contribution in [-0.4, -0.2) is 4.98 Å². The topological polar surface area (TPSA) is 12.9 Å². The number of pyridine rings is 1. The second-order valence-electron chi connectivity index (χ2n) is 6.37. The van der Waals surface area contributed by atoms with Gasteiger partial charge in [0, 0.05) is 27.5 Å². The lowest BCUT2D eigenvalue weighted by molar-refractivity contribution is 0.912. The molecule has 0 N–H and O–H groups in total. The minimum atomic E-state index is 0.447. The van der Waals surface area contributed by atoms with Gasteiger partial charge in [0.1, 0.15) is 0 Å². The molecule has 4 aromatic rings. The van der Waals surface area contributed by atoms with Crippen molar-refractivity contribution in [2.75, 3.05) is 0 Å². The molecular formula is C23H17NS. The Bertz CT molecular complexity index is 1040. The third kappa shape index (κ3) is 2.54. The smallest absolute Gasteiger partial charge is 0.0712 e. The fraction of sp³-hybridized carbons (Fsp3) is 0.0870. The number of thioether (sulfide) groups is 1. The lowest BCUT2D eigenvalue weighted by atomic mass is 9.98. The summed E-state index contributed by atoms with van der Waals surface area (Å²) in [6.07, 6.45) is 0.995. The summed E-state index contributed by atoms with van der Waals surface area (Å²) in [5, 5.41) is 1.69. The van der Waals surface area contributed by atoms with Crippen LogP contribution in [0.4, 0.5) is 0 Å². The summed E-state index contributed by atoms with van der Waals surface area (Å²) in [6, 6.07) is 30.0. The zero-order chi connectivity index (χ0) is 16.6. The molecule has 1 unspecified atom stereocenters. The van der Waals surface area contributed by atoms with Gasteiger partial charge in [0.2, 0.25) is 0 Å². The van der Waals surface area contributed by atoms with E-state index in [0.29, 0.717) is 5.25 Å². The Morgan fingerprint density at radius 1 is 0.760 bits per heavy atom. The molecule has 25 heavy (non-hydrogen) atoms. The lowest BCUT2D eigenvalue weighted by Gasteiger charge is -2.12. The van der Waals surface area contributed by atoms with Crippen LogP contribution in [0.15, 0.2) is 89.8 Å². The van der Waals surface area contributed by atoms with Gasteiger partial charge in [0.05, 0.1) is 11.2 Å². The Hall–Kier alpha value is -2.58. The summed E-state index contributed by atoms with van der Waals surface area (Å²) in [6.45, 7) is 0. The van der Waals surface area contributed by atoms with Crippen molar-refractivity contribution in [3.05, 3.63) is 96.2 Å². The molecule has 0 spiro atoms. The van der Waals surface area contributed by atoms with E-state index in [1.807, 2.05) is 11.8 Å². The van der Waals surface area contributed by atoms with Crippen LogP contribution >= 0.6 is 11.8 Å². The second kappa shape index (κ2) is 6.05. The Labute approximate surface area is 151 Å². The standard InChI is InChI=1S/C23H17NS/c1-3-9-16(10-4-1)21-15-20-23(25-21)22(17-11-5-2-6-12-17)18-13-7-8-14-19(18)24-20/h1-14,21H,15H2. The number of para-hydroxylation sites is 1. The molecule has 0 bridgehead atoms. The van der Waals surface area contributed by atoms with Crippen LogP contribution in [0.25, 0.3) is 22.0 Å². The molecule has 2 heteroatoms. The molecule has 0 aliphatic carbocycles. The maximum atomic E-state index is 5.00. The van der Waals surface area contributed by atoms with Gasteiger partial charge >= 0.3 is 0 Å². The van der Waals surface area contributed by atoms with E-state index in [1.54, 1.807) is 0 Å². The number of benzene rings is 3. The Morgan fingerprint density at radius 3 is 2.24 bits per heavy atom.